The molecule has 74 valence electrons. The summed E-state index contributed by atoms with van der Waals surface area (Å²) < 4.78 is 37.3. The Morgan fingerprint density at radius 3 is 2.86 bits per heavy atom. The van der Waals surface area contributed by atoms with Gasteiger partial charge in [-0.25, -0.2) is 0 Å². The molecule has 2 N–H and O–H groups in total. The molecule has 1 aromatic rings. The van der Waals surface area contributed by atoms with E-state index in [1.807, 2.05) is 0 Å². The van der Waals surface area contributed by atoms with E-state index in [1.54, 1.807) is 6.07 Å². The first-order valence-corrected chi connectivity index (χ1v) is 4.64. The summed E-state index contributed by atoms with van der Waals surface area (Å²) in [6.07, 6.45) is -0.593. The summed E-state index contributed by atoms with van der Waals surface area (Å²) in [4.78, 5) is 0. The second-order valence-electron chi connectivity index (χ2n) is 3.66. The van der Waals surface area contributed by atoms with E-state index in [4.69, 9.17) is 6.85 Å². The summed E-state index contributed by atoms with van der Waals surface area (Å²) in [6, 6.07) is 4.33. The van der Waals surface area contributed by atoms with Crippen LogP contribution in [0.25, 0.3) is 0 Å². The van der Waals surface area contributed by atoms with Gasteiger partial charge in [0.25, 0.3) is 0 Å². The van der Waals surface area contributed by atoms with Crippen LogP contribution < -0.4 is 5.46 Å². The van der Waals surface area contributed by atoms with Gasteiger partial charge < -0.3 is 10.0 Å². The first-order valence-electron chi connectivity index (χ1n) is 7.14. The van der Waals surface area contributed by atoms with Crippen LogP contribution in [-0.2, 0) is 6.37 Å². The maximum Gasteiger partial charge on any atom is 0.488 e. The zero-order valence-corrected chi connectivity index (χ0v) is 7.70. The molecule has 0 atom stereocenters. The van der Waals surface area contributed by atoms with E-state index < -0.39 is 20.3 Å². The summed E-state index contributed by atoms with van der Waals surface area (Å²) in [5, 5.41) is 18.5. The highest BCUT2D eigenvalue weighted by molar-refractivity contribution is 6.58. The van der Waals surface area contributed by atoms with E-state index in [2.05, 4.69) is 0 Å². The first kappa shape index (κ1) is 5.33. The Morgan fingerprint density at radius 2 is 2.29 bits per heavy atom. The highest BCUT2D eigenvalue weighted by Gasteiger charge is 2.25. The van der Waals surface area contributed by atoms with E-state index in [0.717, 1.165) is 18.4 Å². The monoisotopic (exact) mass is 195 g/mol. The summed E-state index contributed by atoms with van der Waals surface area (Å²) in [5.74, 6) is 0.268. The normalized spacial score (nSPS) is 22.9. The third-order valence-corrected chi connectivity index (χ3v) is 2.47. The molecular weight excluding hydrogens is 175 g/mol. The molecule has 3 heteroatoms. The lowest BCUT2D eigenvalue weighted by Gasteiger charge is -2.07. The predicted molar refractivity (Wildman–Crippen MR) is 57.6 cm³/mol. The van der Waals surface area contributed by atoms with Gasteiger partial charge in [-0.05, 0) is 41.7 Å². The molecule has 14 heavy (non-hydrogen) atoms. The first-order chi connectivity index (χ1) is 8.63. The number of benzene rings is 1. The molecule has 0 amide bonds. The van der Waals surface area contributed by atoms with Crippen LogP contribution in [0.5, 0.6) is 0 Å². The van der Waals surface area contributed by atoms with Crippen molar-refractivity contribution >= 4 is 12.6 Å². The van der Waals surface area contributed by atoms with Gasteiger partial charge in [-0.3, -0.25) is 0 Å². The fraction of sp³-hybridized carbons (Fsp3) is 0.455. The lowest BCUT2D eigenvalue weighted by atomic mass is 9.78. The standard InChI is InChI=1S/C11H15BO2/c1-2-8-5-10(9-3-4-9)7-11(6-8)12(13)14/h5-7,9,13-14H,2-4H2,1H3/i1D3,2D2. The molecule has 1 aliphatic rings. The Labute approximate surface area is 91.8 Å². The smallest absolute Gasteiger partial charge is 0.423 e. The Morgan fingerprint density at radius 1 is 1.50 bits per heavy atom. The van der Waals surface area contributed by atoms with Gasteiger partial charge >= 0.3 is 7.12 Å². The molecule has 1 fully saturated rings. The quantitative estimate of drug-likeness (QED) is 0.700. The van der Waals surface area contributed by atoms with Gasteiger partial charge in [0, 0.05) is 6.85 Å². The third kappa shape index (κ3) is 1.99. The zero-order chi connectivity index (χ0) is 14.4. The Bertz CT molecular complexity index is 462. The number of hydrogen-bond acceptors (Lipinski definition) is 2. The fourth-order valence-corrected chi connectivity index (χ4v) is 1.55. The van der Waals surface area contributed by atoms with Crippen LogP contribution in [0, 0.1) is 0 Å². The van der Waals surface area contributed by atoms with Crippen molar-refractivity contribution in [3.8, 4) is 0 Å². The minimum atomic E-state index is -2.80. The highest BCUT2D eigenvalue weighted by Crippen LogP contribution is 2.39. The average Bonchev–Trinajstić information content (AvgIpc) is 3.10. The Hall–Kier alpha value is -0.795. The second kappa shape index (κ2) is 3.75. The van der Waals surface area contributed by atoms with Crippen molar-refractivity contribution in [1.82, 2.24) is 0 Å². The largest absolute Gasteiger partial charge is 0.488 e. The molecule has 0 radical (unpaired) electrons. The minimum absolute atomic E-state index is 0.0278. The molecule has 2 nitrogen and oxygen atoms in total. The minimum Gasteiger partial charge on any atom is -0.423 e. The lowest BCUT2D eigenvalue weighted by molar-refractivity contribution is 0.425. The van der Waals surface area contributed by atoms with Crippen LogP contribution in [0.15, 0.2) is 18.2 Å². The maximum atomic E-state index is 9.24. The van der Waals surface area contributed by atoms with Crippen LogP contribution in [0.3, 0.4) is 0 Å². The van der Waals surface area contributed by atoms with Gasteiger partial charge in [0.15, 0.2) is 0 Å². The molecular formula is C11H15BO2. The van der Waals surface area contributed by atoms with Crippen molar-refractivity contribution in [2.24, 2.45) is 0 Å². The zero-order valence-electron chi connectivity index (χ0n) is 12.7. The summed E-state index contributed by atoms with van der Waals surface area (Å²) in [6.45, 7) is -2.80. The fourth-order valence-electron chi connectivity index (χ4n) is 1.55. The molecule has 0 unspecified atom stereocenters. The van der Waals surface area contributed by atoms with E-state index in [-0.39, 0.29) is 16.9 Å². The molecule has 2 rings (SSSR count). The topological polar surface area (TPSA) is 40.5 Å². The number of hydrogen-bond donors (Lipinski definition) is 2. The van der Waals surface area contributed by atoms with Gasteiger partial charge in [-0.2, -0.15) is 0 Å². The third-order valence-electron chi connectivity index (χ3n) is 2.47. The van der Waals surface area contributed by atoms with Crippen molar-refractivity contribution in [3.05, 3.63) is 29.3 Å². The molecule has 1 aliphatic carbocycles. The van der Waals surface area contributed by atoms with Gasteiger partial charge in [0.05, 0.1) is 0 Å². The molecule has 0 heterocycles. The molecule has 0 aromatic heterocycles. The van der Waals surface area contributed by atoms with Gasteiger partial charge in [-0.1, -0.05) is 25.1 Å². The van der Waals surface area contributed by atoms with Crippen LogP contribution in [0.1, 0.15) is 43.6 Å². The highest BCUT2D eigenvalue weighted by atomic mass is 16.4. The van der Waals surface area contributed by atoms with Gasteiger partial charge in [0.1, 0.15) is 0 Å². The van der Waals surface area contributed by atoms with E-state index >= 15 is 0 Å². The number of rotatable bonds is 3. The maximum absolute atomic E-state index is 9.24. The molecule has 1 aromatic carbocycles. The number of aryl methyl sites for hydroxylation is 1. The van der Waals surface area contributed by atoms with Crippen LogP contribution in [-0.4, -0.2) is 17.2 Å². The van der Waals surface area contributed by atoms with Crippen molar-refractivity contribution in [1.29, 1.82) is 0 Å². The SMILES string of the molecule is [2H]C([2H])([2H])C([2H])([2H])c1cc(B(O)O)cc(C2CC2)c1. The molecule has 0 aliphatic heterocycles. The van der Waals surface area contributed by atoms with Crippen molar-refractivity contribution in [2.75, 3.05) is 0 Å². The molecule has 0 saturated heterocycles. The van der Waals surface area contributed by atoms with E-state index in [0.29, 0.717) is 0 Å². The van der Waals surface area contributed by atoms with Crippen LogP contribution in [0.4, 0.5) is 0 Å². The Kier molecular flexibility index (Phi) is 1.43. The van der Waals surface area contributed by atoms with Crippen LogP contribution in [0.2, 0.25) is 0 Å². The summed E-state index contributed by atoms with van der Waals surface area (Å²) in [5.41, 5.74) is 0.876. The van der Waals surface area contributed by atoms with Gasteiger partial charge in [-0.15, -0.1) is 0 Å². The van der Waals surface area contributed by atoms with Crippen LogP contribution >= 0.6 is 0 Å². The van der Waals surface area contributed by atoms with E-state index in [9.17, 15) is 10.0 Å². The van der Waals surface area contributed by atoms with Crippen molar-refractivity contribution < 1.29 is 16.9 Å². The molecule has 0 bridgehead atoms. The van der Waals surface area contributed by atoms with Crippen molar-refractivity contribution in [3.63, 3.8) is 0 Å². The summed E-state index contributed by atoms with van der Waals surface area (Å²) in [7, 11) is -1.73. The molecule has 0 spiro atoms. The average molecular weight is 195 g/mol. The predicted octanol–water partition coefficient (Wildman–Crippen LogP) is 0.806. The Balaban J connectivity index is 2.50. The van der Waals surface area contributed by atoms with E-state index in [1.165, 1.54) is 12.1 Å². The lowest BCUT2D eigenvalue weighted by Crippen LogP contribution is -2.30. The van der Waals surface area contributed by atoms with Gasteiger partial charge in [0.2, 0.25) is 0 Å². The molecule has 1 saturated carbocycles. The summed E-state index contributed by atoms with van der Waals surface area (Å²) >= 11 is 0. The van der Waals surface area contributed by atoms with Crippen molar-refractivity contribution in [2.45, 2.75) is 32.0 Å². The second-order valence-corrected chi connectivity index (χ2v) is 3.66.